The Morgan fingerprint density at radius 3 is 2.43 bits per heavy atom. The monoisotopic (exact) mass is 213 g/mol. The highest BCUT2D eigenvalue weighted by Crippen LogP contribution is 1.95. The van der Waals surface area contributed by atoms with Crippen LogP contribution in [-0.4, -0.2) is 10.5 Å². The molecule has 0 aliphatic heterocycles. The molecule has 1 nitrogen and oxygen atoms in total. The largest absolute Gasteiger partial charge is 0.327 e. The Labute approximate surface area is 58.8 Å². The van der Waals surface area contributed by atoms with E-state index in [9.17, 15) is 0 Å². The molecule has 0 aliphatic carbocycles. The Bertz CT molecular complexity index is 39.1. The first kappa shape index (κ1) is 7.69. The average Bonchev–Trinajstić information content (AvgIpc) is 1.68. The zero-order chi connectivity index (χ0) is 5.70. The van der Waals surface area contributed by atoms with Crippen LogP contribution in [-0.2, 0) is 0 Å². The number of hydrogen-bond donors (Lipinski definition) is 1. The van der Waals surface area contributed by atoms with Crippen LogP contribution in [0.2, 0.25) is 0 Å². The lowest BCUT2D eigenvalue weighted by atomic mass is 10.2. The van der Waals surface area contributed by atoms with Gasteiger partial charge in [-0.15, -0.1) is 0 Å². The second-order valence-corrected chi connectivity index (χ2v) is 2.58. The van der Waals surface area contributed by atoms with Crippen LogP contribution in [0.4, 0.5) is 0 Å². The summed E-state index contributed by atoms with van der Waals surface area (Å²) in [6.45, 7) is 2.16. The quantitative estimate of drug-likeness (QED) is 0.558. The lowest BCUT2D eigenvalue weighted by Crippen LogP contribution is -2.20. The van der Waals surface area contributed by atoms with Gasteiger partial charge in [0.05, 0.1) is 0 Å². The maximum absolute atomic E-state index is 5.58. The highest BCUT2D eigenvalue weighted by Gasteiger charge is 1.93. The Balaban J connectivity index is 2.83. The molecule has 1 atom stereocenters. The normalized spacial score (nSPS) is 14.1. The van der Waals surface area contributed by atoms with Crippen LogP contribution in [0.15, 0.2) is 0 Å². The topological polar surface area (TPSA) is 26.0 Å². The van der Waals surface area contributed by atoms with E-state index >= 15 is 0 Å². The van der Waals surface area contributed by atoms with Crippen LogP contribution < -0.4 is 5.73 Å². The first-order chi connectivity index (χ1) is 3.31. The summed E-state index contributed by atoms with van der Waals surface area (Å²) in [6, 6.07) is 0.436. The molecule has 0 saturated heterocycles. The molecular weight excluding hydrogens is 201 g/mol. The fourth-order valence-electron chi connectivity index (χ4n) is 0.448. The zero-order valence-corrected chi connectivity index (χ0v) is 6.81. The molecule has 0 aromatic rings. The standard InChI is InChI=1S/C5H12IN/c1-2-3-5(7)4-6/h5H,2-4,7H2,1H3. The molecule has 0 amide bonds. The summed E-state index contributed by atoms with van der Waals surface area (Å²) in [4.78, 5) is 0. The minimum Gasteiger partial charge on any atom is -0.327 e. The lowest BCUT2D eigenvalue weighted by molar-refractivity contribution is 0.667. The van der Waals surface area contributed by atoms with Gasteiger partial charge in [-0.1, -0.05) is 35.9 Å². The maximum Gasteiger partial charge on any atom is 0.0147 e. The SMILES string of the molecule is CCCC(N)CI. The van der Waals surface area contributed by atoms with Crippen molar-refractivity contribution < 1.29 is 0 Å². The highest BCUT2D eigenvalue weighted by molar-refractivity contribution is 14.1. The van der Waals surface area contributed by atoms with Gasteiger partial charge in [0.1, 0.15) is 0 Å². The Morgan fingerprint density at radius 2 is 2.29 bits per heavy atom. The van der Waals surface area contributed by atoms with Gasteiger partial charge in [-0.3, -0.25) is 0 Å². The summed E-state index contributed by atoms with van der Waals surface area (Å²) in [7, 11) is 0. The van der Waals surface area contributed by atoms with Crippen LogP contribution >= 0.6 is 22.6 Å². The van der Waals surface area contributed by atoms with Gasteiger partial charge in [0.2, 0.25) is 0 Å². The minimum atomic E-state index is 0.436. The van der Waals surface area contributed by atoms with E-state index in [1.165, 1.54) is 12.8 Å². The molecule has 0 bridgehead atoms. The van der Waals surface area contributed by atoms with Crippen molar-refractivity contribution in [1.82, 2.24) is 0 Å². The molecule has 0 fully saturated rings. The third-order valence-corrected chi connectivity index (χ3v) is 1.99. The Morgan fingerprint density at radius 1 is 1.71 bits per heavy atom. The van der Waals surface area contributed by atoms with Crippen molar-refractivity contribution in [2.45, 2.75) is 25.8 Å². The van der Waals surface area contributed by atoms with E-state index in [2.05, 4.69) is 29.5 Å². The van der Waals surface area contributed by atoms with Gasteiger partial charge >= 0.3 is 0 Å². The summed E-state index contributed by atoms with van der Waals surface area (Å²) < 4.78 is 1.09. The summed E-state index contributed by atoms with van der Waals surface area (Å²) >= 11 is 2.31. The molecule has 0 rings (SSSR count). The Kier molecular flexibility index (Phi) is 5.32. The lowest BCUT2D eigenvalue weighted by Gasteiger charge is -2.02. The molecule has 7 heavy (non-hydrogen) atoms. The van der Waals surface area contributed by atoms with Crippen LogP contribution in [0.5, 0.6) is 0 Å². The van der Waals surface area contributed by atoms with Crippen molar-refractivity contribution in [3.05, 3.63) is 0 Å². The number of rotatable bonds is 3. The third kappa shape index (κ3) is 4.55. The fraction of sp³-hybridized carbons (Fsp3) is 1.00. The second-order valence-electron chi connectivity index (χ2n) is 1.70. The van der Waals surface area contributed by atoms with Crippen LogP contribution in [0.3, 0.4) is 0 Å². The van der Waals surface area contributed by atoms with E-state index in [1.54, 1.807) is 0 Å². The molecule has 2 heteroatoms. The van der Waals surface area contributed by atoms with Crippen molar-refractivity contribution in [1.29, 1.82) is 0 Å². The van der Waals surface area contributed by atoms with Gasteiger partial charge in [-0.25, -0.2) is 0 Å². The molecule has 0 saturated carbocycles. The van der Waals surface area contributed by atoms with E-state index in [4.69, 9.17) is 5.73 Å². The van der Waals surface area contributed by atoms with Crippen LogP contribution in [0.25, 0.3) is 0 Å². The minimum absolute atomic E-state index is 0.436. The molecule has 0 aromatic heterocycles. The first-order valence-corrected chi connectivity index (χ1v) is 4.15. The second kappa shape index (κ2) is 4.84. The molecule has 1 unspecified atom stereocenters. The molecule has 0 aliphatic rings. The predicted molar refractivity (Wildman–Crippen MR) is 41.8 cm³/mol. The van der Waals surface area contributed by atoms with Crippen molar-refractivity contribution >= 4 is 22.6 Å². The summed E-state index contributed by atoms with van der Waals surface area (Å²) in [5.41, 5.74) is 5.58. The maximum atomic E-state index is 5.58. The van der Waals surface area contributed by atoms with Crippen LogP contribution in [0.1, 0.15) is 19.8 Å². The van der Waals surface area contributed by atoms with Gasteiger partial charge in [0.25, 0.3) is 0 Å². The van der Waals surface area contributed by atoms with Crippen molar-refractivity contribution in [2.24, 2.45) is 5.73 Å². The van der Waals surface area contributed by atoms with Gasteiger partial charge in [-0.05, 0) is 6.42 Å². The number of alkyl halides is 1. The summed E-state index contributed by atoms with van der Waals surface area (Å²) in [5.74, 6) is 0. The van der Waals surface area contributed by atoms with E-state index in [0.29, 0.717) is 6.04 Å². The van der Waals surface area contributed by atoms with Gasteiger partial charge < -0.3 is 5.73 Å². The first-order valence-electron chi connectivity index (χ1n) is 2.62. The molecular formula is C5H12IN. The van der Waals surface area contributed by atoms with Crippen molar-refractivity contribution in [3.63, 3.8) is 0 Å². The number of hydrogen-bond acceptors (Lipinski definition) is 1. The fourth-order valence-corrected chi connectivity index (χ4v) is 0.888. The molecule has 0 aromatic carbocycles. The molecule has 0 spiro atoms. The molecule has 44 valence electrons. The molecule has 2 N–H and O–H groups in total. The van der Waals surface area contributed by atoms with E-state index in [1.807, 2.05) is 0 Å². The third-order valence-electron chi connectivity index (χ3n) is 0.858. The highest BCUT2D eigenvalue weighted by atomic mass is 127. The van der Waals surface area contributed by atoms with Gasteiger partial charge in [-0.2, -0.15) is 0 Å². The zero-order valence-electron chi connectivity index (χ0n) is 4.65. The van der Waals surface area contributed by atoms with Crippen molar-refractivity contribution in [3.8, 4) is 0 Å². The summed E-state index contributed by atoms with van der Waals surface area (Å²) in [6.07, 6.45) is 2.38. The van der Waals surface area contributed by atoms with Crippen molar-refractivity contribution in [2.75, 3.05) is 4.43 Å². The predicted octanol–water partition coefficient (Wildman–Crippen LogP) is 1.55. The molecule has 0 radical (unpaired) electrons. The van der Waals surface area contributed by atoms with E-state index in [-0.39, 0.29) is 0 Å². The number of nitrogens with two attached hydrogens (primary N) is 1. The number of halogens is 1. The van der Waals surface area contributed by atoms with E-state index < -0.39 is 0 Å². The molecule has 0 heterocycles. The van der Waals surface area contributed by atoms with E-state index in [0.717, 1.165) is 4.43 Å². The summed E-state index contributed by atoms with van der Waals surface area (Å²) in [5, 5.41) is 0. The van der Waals surface area contributed by atoms with Crippen LogP contribution in [0, 0.1) is 0 Å². The Hall–Kier alpha value is 0.690. The smallest absolute Gasteiger partial charge is 0.0147 e. The van der Waals surface area contributed by atoms with Gasteiger partial charge in [0, 0.05) is 10.5 Å². The average molecular weight is 213 g/mol. The van der Waals surface area contributed by atoms with Gasteiger partial charge in [0.15, 0.2) is 0 Å².